The Morgan fingerprint density at radius 1 is 0.283 bits per heavy atom. The molecule has 10 aromatic rings. The maximum Gasteiger partial charge on any atom is 0.164 e. The number of fused-ring (bicyclic) bond motifs is 10. The first-order valence-corrected chi connectivity index (χ1v) is 21.2. The molecule has 12 rings (SSSR count). The third-order valence-corrected chi connectivity index (χ3v) is 13.4. The second-order valence-electron chi connectivity index (χ2n) is 15.5. The molecular formula is C56H35N3S. The summed E-state index contributed by atoms with van der Waals surface area (Å²) < 4.78 is 0. The molecule has 1 spiro atoms. The molecule has 3 nitrogen and oxygen atoms in total. The second-order valence-corrected chi connectivity index (χ2v) is 16.6. The lowest BCUT2D eigenvalue weighted by atomic mass is 9.67. The van der Waals surface area contributed by atoms with Gasteiger partial charge in [-0.25, -0.2) is 15.0 Å². The van der Waals surface area contributed by atoms with Gasteiger partial charge in [-0.2, -0.15) is 0 Å². The Kier molecular flexibility index (Phi) is 8.00. The Bertz CT molecular complexity index is 3260. The highest BCUT2D eigenvalue weighted by atomic mass is 32.2. The zero-order valence-corrected chi connectivity index (χ0v) is 33.3. The van der Waals surface area contributed by atoms with Crippen LogP contribution in [0.3, 0.4) is 0 Å². The van der Waals surface area contributed by atoms with Gasteiger partial charge < -0.3 is 0 Å². The van der Waals surface area contributed by atoms with Crippen molar-refractivity contribution in [2.75, 3.05) is 0 Å². The van der Waals surface area contributed by atoms with Crippen molar-refractivity contribution >= 4 is 22.5 Å². The molecule has 4 heteroatoms. The molecule has 2 aliphatic rings. The molecule has 280 valence electrons. The van der Waals surface area contributed by atoms with Crippen LogP contribution >= 0.6 is 11.8 Å². The molecule has 2 heterocycles. The van der Waals surface area contributed by atoms with Crippen LogP contribution in [0.5, 0.6) is 0 Å². The van der Waals surface area contributed by atoms with E-state index in [-0.39, 0.29) is 0 Å². The zero-order chi connectivity index (χ0) is 39.6. The highest BCUT2D eigenvalue weighted by Crippen LogP contribution is 2.62. The number of hydrogen-bond donors (Lipinski definition) is 0. The summed E-state index contributed by atoms with van der Waals surface area (Å²) in [6.07, 6.45) is 0. The molecule has 0 fully saturated rings. The first kappa shape index (κ1) is 34.6. The van der Waals surface area contributed by atoms with E-state index in [0.29, 0.717) is 17.5 Å². The predicted molar refractivity (Wildman–Crippen MR) is 246 cm³/mol. The van der Waals surface area contributed by atoms with Gasteiger partial charge in [-0.3, -0.25) is 0 Å². The van der Waals surface area contributed by atoms with E-state index in [0.717, 1.165) is 38.6 Å². The first-order chi connectivity index (χ1) is 29.7. The second kappa shape index (κ2) is 13.9. The van der Waals surface area contributed by atoms with E-state index in [1.807, 2.05) is 30.0 Å². The summed E-state index contributed by atoms with van der Waals surface area (Å²) in [6, 6.07) is 76.2. The normalized spacial score (nSPS) is 13.1. The van der Waals surface area contributed by atoms with Crippen LogP contribution in [0.1, 0.15) is 22.3 Å². The van der Waals surface area contributed by atoms with Crippen molar-refractivity contribution in [2.45, 2.75) is 15.2 Å². The monoisotopic (exact) mass is 781 g/mol. The summed E-state index contributed by atoms with van der Waals surface area (Å²) in [5.41, 5.74) is 15.0. The summed E-state index contributed by atoms with van der Waals surface area (Å²) in [6.45, 7) is 0. The van der Waals surface area contributed by atoms with Gasteiger partial charge >= 0.3 is 0 Å². The highest BCUT2D eigenvalue weighted by Gasteiger charge is 2.50. The molecule has 1 aromatic heterocycles. The van der Waals surface area contributed by atoms with Crippen LogP contribution in [0.25, 0.3) is 78.3 Å². The molecule has 0 unspecified atom stereocenters. The topological polar surface area (TPSA) is 38.7 Å². The van der Waals surface area contributed by atoms with Crippen LogP contribution in [-0.4, -0.2) is 15.0 Å². The molecular weight excluding hydrogens is 747 g/mol. The molecule has 0 N–H and O–H groups in total. The van der Waals surface area contributed by atoms with Gasteiger partial charge in [-0.05, 0) is 90.7 Å². The SMILES string of the molecule is c1ccc(-c2nc(-c3cccc(-c4ccc5c(c4)Sc4ccccc4C54c5ccccc5-c5ccccc54)c3)nc(-c3ccc(-c4ccccc4)c4ccccc34)n2)cc1. The maximum absolute atomic E-state index is 5.25. The summed E-state index contributed by atoms with van der Waals surface area (Å²) in [7, 11) is 0. The predicted octanol–water partition coefficient (Wildman–Crippen LogP) is 14.2. The van der Waals surface area contributed by atoms with E-state index in [2.05, 4.69) is 194 Å². The fourth-order valence-corrected chi connectivity index (χ4v) is 10.8. The van der Waals surface area contributed by atoms with E-state index < -0.39 is 5.41 Å². The zero-order valence-electron chi connectivity index (χ0n) is 32.5. The average Bonchev–Trinajstić information content (AvgIpc) is 3.62. The Morgan fingerprint density at radius 3 is 1.52 bits per heavy atom. The number of hydrogen-bond acceptors (Lipinski definition) is 4. The third-order valence-electron chi connectivity index (χ3n) is 12.2. The Labute approximate surface area is 353 Å². The van der Waals surface area contributed by atoms with Crippen molar-refractivity contribution < 1.29 is 0 Å². The Balaban J connectivity index is 1.00. The van der Waals surface area contributed by atoms with Crippen LogP contribution < -0.4 is 0 Å². The first-order valence-electron chi connectivity index (χ1n) is 20.4. The Hall–Kier alpha value is -7.40. The maximum atomic E-state index is 5.25. The van der Waals surface area contributed by atoms with Gasteiger partial charge in [0.05, 0.1) is 5.41 Å². The lowest BCUT2D eigenvalue weighted by Gasteiger charge is -2.39. The molecule has 0 saturated heterocycles. The molecule has 1 aliphatic heterocycles. The van der Waals surface area contributed by atoms with Crippen LogP contribution in [0.4, 0.5) is 0 Å². The fraction of sp³-hybridized carbons (Fsp3) is 0.0179. The fourth-order valence-electron chi connectivity index (χ4n) is 9.58. The van der Waals surface area contributed by atoms with Gasteiger partial charge in [0.1, 0.15) is 0 Å². The smallest absolute Gasteiger partial charge is 0.164 e. The van der Waals surface area contributed by atoms with E-state index in [4.69, 9.17) is 15.0 Å². The van der Waals surface area contributed by atoms with Gasteiger partial charge in [0.15, 0.2) is 17.5 Å². The van der Waals surface area contributed by atoms with E-state index in [1.54, 1.807) is 0 Å². The minimum atomic E-state index is -0.399. The third kappa shape index (κ3) is 5.35. The molecule has 0 radical (unpaired) electrons. The Morgan fingerprint density at radius 2 is 0.783 bits per heavy atom. The van der Waals surface area contributed by atoms with Crippen molar-refractivity contribution in [3.05, 3.63) is 235 Å². The standard InChI is InChI=1S/C56H35N3S/c1-3-16-36(17-4-1)41-31-32-46(43-23-8-7-22-42(41)43)55-58-53(37-18-5-2-6-19-37)57-54(59-55)40-21-15-20-38(34-40)39-30-33-50-52(35-39)60-51-29-14-13-28-49(51)56(50)47-26-11-9-24-44(47)45-25-10-12-27-48(45)56/h1-35H. The lowest BCUT2D eigenvalue weighted by Crippen LogP contribution is -2.31. The van der Waals surface area contributed by atoms with Gasteiger partial charge in [0.25, 0.3) is 0 Å². The minimum Gasteiger partial charge on any atom is -0.208 e. The number of benzene rings is 9. The van der Waals surface area contributed by atoms with E-state index in [9.17, 15) is 0 Å². The van der Waals surface area contributed by atoms with Gasteiger partial charge in [0.2, 0.25) is 0 Å². The van der Waals surface area contributed by atoms with Gasteiger partial charge in [-0.1, -0.05) is 200 Å². The summed E-state index contributed by atoms with van der Waals surface area (Å²) >= 11 is 1.87. The average molecular weight is 782 g/mol. The van der Waals surface area contributed by atoms with E-state index in [1.165, 1.54) is 54.3 Å². The molecule has 60 heavy (non-hydrogen) atoms. The van der Waals surface area contributed by atoms with Crippen LogP contribution in [-0.2, 0) is 5.41 Å². The molecule has 0 bridgehead atoms. The minimum absolute atomic E-state index is 0.399. The van der Waals surface area contributed by atoms with Crippen molar-refractivity contribution in [3.8, 4) is 67.5 Å². The summed E-state index contributed by atoms with van der Waals surface area (Å²) in [4.78, 5) is 18.1. The lowest BCUT2D eigenvalue weighted by molar-refractivity contribution is 0.722. The molecule has 1 aliphatic carbocycles. The van der Waals surface area contributed by atoms with Crippen molar-refractivity contribution in [3.63, 3.8) is 0 Å². The molecule has 9 aromatic carbocycles. The van der Waals surface area contributed by atoms with E-state index >= 15 is 0 Å². The number of nitrogens with zero attached hydrogens (tertiary/aromatic N) is 3. The van der Waals surface area contributed by atoms with Crippen molar-refractivity contribution in [1.82, 2.24) is 15.0 Å². The summed E-state index contributed by atoms with van der Waals surface area (Å²) in [5, 5.41) is 2.26. The van der Waals surface area contributed by atoms with Crippen molar-refractivity contribution in [1.29, 1.82) is 0 Å². The van der Waals surface area contributed by atoms with Crippen LogP contribution in [0.15, 0.2) is 222 Å². The molecule has 0 saturated carbocycles. The van der Waals surface area contributed by atoms with Crippen LogP contribution in [0.2, 0.25) is 0 Å². The van der Waals surface area contributed by atoms with Crippen molar-refractivity contribution in [2.24, 2.45) is 0 Å². The quantitative estimate of drug-likeness (QED) is 0.174. The van der Waals surface area contributed by atoms with Gasteiger partial charge in [-0.15, -0.1) is 0 Å². The molecule has 0 atom stereocenters. The number of rotatable bonds is 5. The largest absolute Gasteiger partial charge is 0.208 e. The number of aromatic nitrogens is 3. The highest BCUT2D eigenvalue weighted by molar-refractivity contribution is 7.99. The molecule has 0 amide bonds. The van der Waals surface area contributed by atoms with Gasteiger partial charge in [0, 0.05) is 26.5 Å². The summed E-state index contributed by atoms with van der Waals surface area (Å²) in [5.74, 6) is 1.92. The van der Waals surface area contributed by atoms with Crippen LogP contribution in [0, 0.1) is 0 Å².